The lowest BCUT2D eigenvalue weighted by molar-refractivity contribution is -0.139. The van der Waals surface area contributed by atoms with Crippen molar-refractivity contribution in [3.05, 3.63) is 35.9 Å². The largest absolute Gasteiger partial charge is 0.480 e. The second kappa shape index (κ2) is 9.28. The number of carboxylic acids is 1. The highest BCUT2D eigenvalue weighted by molar-refractivity contribution is 7.98. The number of carbonyl (C=O) groups excluding carboxylic acids is 1. The number of aliphatic carboxylic acids is 1. The number of amides is 2. The van der Waals surface area contributed by atoms with Crippen LogP contribution in [0.3, 0.4) is 0 Å². The van der Waals surface area contributed by atoms with Crippen molar-refractivity contribution in [3.63, 3.8) is 0 Å². The van der Waals surface area contributed by atoms with E-state index in [1.165, 1.54) is 0 Å². The first kappa shape index (κ1) is 17.4. The average Bonchev–Trinajstić information content (AvgIpc) is 2.46. The lowest BCUT2D eigenvalue weighted by atomic mass is 10.1. The molecule has 6 heteroatoms. The van der Waals surface area contributed by atoms with E-state index >= 15 is 0 Å². The molecule has 0 saturated carbocycles. The maximum atomic E-state index is 11.8. The standard InChI is InChI=1S/C15H22N2O3S/c1-11(10-21-2)9-16-15(20)17-13(14(18)19)8-12-6-4-3-5-7-12/h3-7,11,13H,8-10H2,1-2H3,(H,18,19)(H2,16,17,20)/t11?,13-/m1/s1. The molecular formula is C15H22N2O3S. The number of urea groups is 1. The molecule has 0 saturated heterocycles. The first-order valence-electron chi connectivity index (χ1n) is 6.83. The molecule has 0 bridgehead atoms. The van der Waals surface area contributed by atoms with Crippen molar-refractivity contribution >= 4 is 23.8 Å². The van der Waals surface area contributed by atoms with Gasteiger partial charge < -0.3 is 15.7 Å². The summed E-state index contributed by atoms with van der Waals surface area (Å²) in [6, 6.07) is 7.88. The summed E-state index contributed by atoms with van der Waals surface area (Å²) >= 11 is 1.72. The van der Waals surface area contributed by atoms with Crippen LogP contribution in [0.1, 0.15) is 12.5 Å². The van der Waals surface area contributed by atoms with Crippen molar-refractivity contribution in [2.45, 2.75) is 19.4 Å². The number of hydrogen-bond donors (Lipinski definition) is 3. The van der Waals surface area contributed by atoms with Gasteiger partial charge in [0.05, 0.1) is 0 Å². The Bertz CT molecular complexity index is 453. The third-order valence-electron chi connectivity index (χ3n) is 2.95. The first-order chi connectivity index (χ1) is 10.0. The second-order valence-corrected chi connectivity index (χ2v) is 5.91. The lowest BCUT2D eigenvalue weighted by Gasteiger charge is -2.17. The van der Waals surface area contributed by atoms with Crippen LogP contribution >= 0.6 is 11.8 Å². The van der Waals surface area contributed by atoms with Crippen LogP contribution < -0.4 is 10.6 Å². The Hall–Kier alpha value is -1.69. The van der Waals surface area contributed by atoms with Gasteiger partial charge in [-0.1, -0.05) is 37.3 Å². The van der Waals surface area contributed by atoms with E-state index in [9.17, 15) is 14.7 Å². The third-order valence-corrected chi connectivity index (χ3v) is 3.85. The van der Waals surface area contributed by atoms with Crippen molar-refractivity contribution in [2.75, 3.05) is 18.6 Å². The normalized spacial score (nSPS) is 13.2. The summed E-state index contributed by atoms with van der Waals surface area (Å²) < 4.78 is 0. The fraction of sp³-hybridized carbons (Fsp3) is 0.467. The Kier molecular flexibility index (Phi) is 7.68. The molecule has 0 heterocycles. The average molecular weight is 310 g/mol. The van der Waals surface area contributed by atoms with Gasteiger partial charge in [0.15, 0.2) is 0 Å². The summed E-state index contributed by atoms with van der Waals surface area (Å²) in [5.74, 6) is 0.265. The summed E-state index contributed by atoms with van der Waals surface area (Å²) in [6.07, 6.45) is 2.28. The van der Waals surface area contributed by atoms with Crippen molar-refractivity contribution < 1.29 is 14.7 Å². The van der Waals surface area contributed by atoms with Crippen LogP contribution in [0.5, 0.6) is 0 Å². The zero-order valence-electron chi connectivity index (χ0n) is 12.3. The molecule has 0 radical (unpaired) electrons. The minimum absolute atomic E-state index is 0.268. The highest BCUT2D eigenvalue weighted by Crippen LogP contribution is 2.04. The minimum Gasteiger partial charge on any atom is -0.480 e. The smallest absolute Gasteiger partial charge is 0.326 e. The summed E-state index contributed by atoms with van der Waals surface area (Å²) in [7, 11) is 0. The lowest BCUT2D eigenvalue weighted by Crippen LogP contribution is -2.48. The monoisotopic (exact) mass is 310 g/mol. The molecule has 3 N–H and O–H groups in total. The zero-order valence-corrected chi connectivity index (χ0v) is 13.2. The Morgan fingerprint density at radius 1 is 1.29 bits per heavy atom. The first-order valence-corrected chi connectivity index (χ1v) is 8.22. The molecule has 21 heavy (non-hydrogen) atoms. The quantitative estimate of drug-likeness (QED) is 0.686. The molecule has 1 rings (SSSR count). The summed E-state index contributed by atoms with van der Waals surface area (Å²) in [4.78, 5) is 23.0. The number of rotatable bonds is 8. The highest BCUT2D eigenvalue weighted by Gasteiger charge is 2.20. The van der Waals surface area contributed by atoms with Gasteiger partial charge in [-0.15, -0.1) is 0 Å². The number of nitrogens with one attached hydrogen (secondary N) is 2. The molecule has 2 atom stereocenters. The molecule has 1 aromatic rings. The van der Waals surface area contributed by atoms with Gasteiger partial charge in [0.25, 0.3) is 0 Å². The molecule has 1 unspecified atom stereocenters. The van der Waals surface area contributed by atoms with E-state index in [0.29, 0.717) is 12.5 Å². The van der Waals surface area contributed by atoms with E-state index in [4.69, 9.17) is 0 Å². The van der Waals surface area contributed by atoms with Crippen LogP contribution in [-0.2, 0) is 11.2 Å². The fourth-order valence-corrected chi connectivity index (χ4v) is 2.56. The maximum Gasteiger partial charge on any atom is 0.326 e. The molecule has 5 nitrogen and oxygen atoms in total. The molecule has 0 aliphatic rings. The van der Waals surface area contributed by atoms with E-state index in [2.05, 4.69) is 10.6 Å². The number of hydrogen-bond acceptors (Lipinski definition) is 3. The van der Waals surface area contributed by atoms with Crippen LogP contribution in [0.15, 0.2) is 30.3 Å². The van der Waals surface area contributed by atoms with E-state index in [0.717, 1.165) is 11.3 Å². The molecule has 0 fully saturated rings. The van der Waals surface area contributed by atoms with Crippen LogP contribution in [0.4, 0.5) is 4.79 Å². The summed E-state index contributed by atoms with van der Waals surface area (Å²) in [6.45, 7) is 2.57. The van der Waals surface area contributed by atoms with Crippen molar-refractivity contribution in [1.82, 2.24) is 10.6 Å². The Morgan fingerprint density at radius 2 is 1.95 bits per heavy atom. The molecule has 0 aromatic heterocycles. The van der Waals surface area contributed by atoms with Gasteiger partial charge in [0.1, 0.15) is 6.04 Å². The molecule has 0 aliphatic carbocycles. The van der Waals surface area contributed by atoms with Gasteiger partial charge in [0, 0.05) is 13.0 Å². The topological polar surface area (TPSA) is 78.4 Å². The van der Waals surface area contributed by atoms with E-state index in [1.807, 2.05) is 43.5 Å². The zero-order chi connectivity index (χ0) is 15.7. The van der Waals surface area contributed by atoms with Crippen LogP contribution in [-0.4, -0.2) is 41.7 Å². The van der Waals surface area contributed by atoms with Crippen molar-refractivity contribution in [1.29, 1.82) is 0 Å². The Labute approximate surface area is 129 Å². The van der Waals surface area contributed by atoms with Gasteiger partial charge in [0.2, 0.25) is 0 Å². The molecule has 116 valence electrons. The molecule has 1 aromatic carbocycles. The van der Waals surface area contributed by atoms with Crippen molar-refractivity contribution in [2.24, 2.45) is 5.92 Å². The molecular weight excluding hydrogens is 288 g/mol. The Balaban J connectivity index is 2.47. The van der Waals surface area contributed by atoms with Gasteiger partial charge in [-0.3, -0.25) is 0 Å². The van der Waals surface area contributed by atoms with Crippen LogP contribution in [0.25, 0.3) is 0 Å². The molecule has 0 aliphatic heterocycles. The van der Waals surface area contributed by atoms with Gasteiger partial charge in [-0.2, -0.15) is 11.8 Å². The summed E-state index contributed by atoms with van der Waals surface area (Å²) in [5, 5.41) is 14.4. The SMILES string of the molecule is CSCC(C)CNC(=O)N[C@H](Cc1ccccc1)C(=O)O. The number of thioether (sulfide) groups is 1. The van der Waals surface area contributed by atoms with Crippen molar-refractivity contribution in [3.8, 4) is 0 Å². The maximum absolute atomic E-state index is 11.8. The predicted molar refractivity (Wildman–Crippen MR) is 85.7 cm³/mol. The minimum atomic E-state index is -1.04. The number of carboxylic acid groups (broad SMARTS) is 1. The fourth-order valence-electron chi connectivity index (χ4n) is 1.87. The van der Waals surface area contributed by atoms with E-state index in [1.54, 1.807) is 11.8 Å². The van der Waals surface area contributed by atoms with E-state index < -0.39 is 18.0 Å². The van der Waals surface area contributed by atoms with E-state index in [-0.39, 0.29) is 6.42 Å². The van der Waals surface area contributed by atoms with Gasteiger partial charge in [-0.05, 0) is 23.5 Å². The molecule has 0 spiro atoms. The molecule has 2 amide bonds. The Morgan fingerprint density at radius 3 is 2.52 bits per heavy atom. The summed E-state index contributed by atoms with van der Waals surface area (Å²) in [5.41, 5.74) is 0.876. The highest BCUT2D eigenvalue weighted by atomic mass is 32.2. The van der Waals surface area contributed by atoms with Crippen LogP contribution in [0, 0.1) is 5.92 Å². The van der Waals surface area contributed by atoms with Gasteiger partial charge >= 0.3 is 12.0 Å². The third kappa shape index (κ3) is 7.04. The van der Waals surface area contributed by atoms with Gasteiger partial charge in [-0.25, -0.2) is 9.59 Å². The predicted octanol–water partition coefficient (Wildman–Crippen LogP) is 1.98. The second-order valence-electron chi connectivity index (χ2n) is 5.00. The van der Waals surface area contributed by atoms with Crippen LogP contribution in [0.2, 0.25) is 0 Å². The number of carbonyl (C=O) groups is 2. The number of benzene rings is 1.